The summed E-state index contributed by atoms with van der Waals surface area (Å²) in [6, 6.07) is -0.00490. The molecule has 5 nitrogen and oxygen atoms in total. The predicted octanol–water partition coefficient (Wildman–Crippen LogP) is 3.04. The summed E-state index contributed by atoms with van der Waals surface area (Å²) in [4.78, 5) is 25.9. The average molecular weight is 282 g/mol. The van der Waals surface area contributed by atoms with E-state index < -0.39 is 0 Å². The number of nitrogens with zero attached hydrogens (tertiary/aromatic N) is 1. The third-order valence-electron chi connectivity index (χ3n) is 3.75. The first-order valence-electron chi connectivity index (χ1n) is 7.28. The van der Waals surface area contributed by atoms with Crippen molar-refractivity contribution in [3.63, 3.8) is 0 Å². The number of hydrogen-bond acceptors (Lipinski definition) is 4. The minimum Gasteiger partial charge on any atom is -0.450 e. The topological polar surface area (TPSA) is 67.8 Å². The quantitative estimate of drug-likeness (QED) is 0.622. The minimum absolute atomic E-state index is 0.00490. The molecule has 1 saturated carbocycles. The minimum atomic E-state index is -0.369. The monoisotopic (exact) mass is 282 g/mol. The van der Waals surface area contributed by atoms with Crippen molar-refractivity contribution in [2.45, 2.75) is 59.4 Å². The molecule has 1 aliphatic rings. The van der Waals surface area contributed by atoms with E-state index in [1.54, 1.807) is 6.08 Å². The summed E-state index contributed by atoms with van der Waals surface area (Å²) in [6.07, 6.45) is 4.78. The molecule has 0 bridgehead atoms. The van der Waals surface area contributed by atoms with Gasteiger partial charge in [-0.25, -0.2) is 14.6 Å². The molecule has 1 amide bonds. The Bertz CT molecular complexity index is 389. The van der Waals surface area contributed by atoms with Crippen molar-refractivity contribution < 1.29 is 14.3 Å². The fraction of sp³-hybridized carbons (Fsp3) is 0.867. The van der Waals surface area contributed by atoms with Crippen LogP contribution in [0.1, 0.15) is 53.4 Å². The van der Waals surface area contributed by atoms with Crippen LogP contribution in [-0.2, 0) is 9.53 Å². The molecule has 0 spiro atoms. The summed E-state index contributed by atoms with van der Waals surface area (Å²) >= 11 is 0. The van der Waals surface area contributed by atoms with Crippen molar-refractivity contribution >= 4 is 12.2 Å². The second kappa shape index (κ2) is 6.89. The van der Waals surface area contributed by atoms with Crippen LogP contribution in [0.2, 0.25) is 0 Å². The standard InChI is InChI=1S/C15H26N2O3/c1-5-6-20-13(19)16-10-15(4)8-12(17-11-18)7-14(2,3)9-15/h12H,5-10H2,1-4H3,(H,16,19). The first-order chi connectivity index (χ1) is 9.30. The zero-order chi connectivity index (χ0) is 15.2. The highest BCUT2D eigenvalue weighted by Crippen LogP contribution is 2.46. The zero-order valence-electron chi connectivity index (χ0n) is 13.0. The van der Waals surface area contributed by atoms with Gasteiger partial charge in [0.2, 0.25) is 6.08 Å². The summed E-state index contributed by atoms with van der Waals surface area (Å²) in [7, 11) is 0. The van der Waals surface area contributed by atoms with Crippen LogP contribution in [0, 0.1) is 10.8 Å². The van der Waals surface area contributed by atoms with Crippen LogP contribution < -0.4 is 5.32 Å². The van der Waals surface area contributed by atoms with Crippen LogP contribution in [-0.4, -0.2) is 31.4 Å². The van der Waals surface area contributed by atoms with Crippen LogP contribution in [0.3, 0.4) is 0 Å². The summed E-state index contributed by atoms with van der Waals surface area (Å²) in [5, 5.41) is 2.83. The second-order valence-corrected chi connectivity index (χ2v) is 6.92. The van der Waals surface area contributed by atoms with Gasteiger partial charge >= 0.3 is 6.09 Å². The maximum atomic E-state index is 11.5. The van der Waals surface area contributed by atoms with Gasteiger partial charge in [-0.1, -0.05) is 27.7 Å². The van der Waals surface area contributed by atoms with Crippen LogP contribution >= 0.6 is 0 Å². The molecule has 1 N–H and O–H groups in total. The van der Waals surface area contributed by atoms with E-state index in [1.165, 1.54) is 0 Å². The number of hydrogen-bond donors (Lipinski definition) is 1. The molecule has 1 rings (SSSR count). The number of carbonyl (C=O) groups is 1. The first-order valence-corrected chi connectivity index (χ1v) is 7.28. The van der Waals surface area contributed by atoms with Crippen LogP contribution in [0.5, 0.6) is 0 Å². The third-order valence-corrected chi connectivity index (χ3v) is 3.75. The van der Waals surface area contributed by atoms with Gasteiger partial charge in [-0.2, -0.15) is 0 Å². The molecule has 1 fully saturated rings. The molecule has 2 unspecified atom stereocenters. The molecule has 5 heteroatoms. The van der Waals surface area contributed by atoms with Crippen molar-refractivity contribution in [3.05, 3.63) is 0 Å². The van der Waals surface area contributed by atoms with Crippen molar-refractivity contribution in [2.24, 2.45) is 15.8 Å². The highest BCUT2D eigenvalue weighted by atomic mass is 16.5. The number of rotatable bonds is 5. The van der Waals surface area contributed by atoms with E-state index in [-0.39, 0.29) is 23.0 Å². The van der Waals surface area contributed by atoms with E-state index in [0.717, 1.165) is 25.7 Å². The number of ether oxygens (including phenoxy) is 1. The lowest BCUT2D eigenvalue weighted by molar-refractivity contribution is 0.0784. The maximum Gasteiger partial charge on any atom is 0.407 e. The molecule has 0 aromatic heterocycles. The van der Waals surface area contributed by atoms with E-state index in [9.17, 15) is 9.59 Å². The Kier molecular flexibility index (Phi) is 5.75. The Morgan fingerprint density at radius 1 is 1.40 bits per heavy atom. The highest BCUT2D eigenvalue weighted by molar-refractivity contribution is 5.67. The number of aliphatic imine (C=N–C) groups is 1. The lowest BCUT2D eigenvalue weighted by atomic mass is 9.63. The van der Waals surface area contributed by atoms with Crippen LogP contribution in [0.25, 0.3) is 0 Å². The molecule has 0 heterocycles. The van der Waals surface area contributed by atoms with Gasteiger partial charge in [-0.05, 0) is 36.5 Å². The van der Waals surface area contributed by atoms with E-state index in [2.05, 4.69) is 31.1 Å². The molecule has 0 radical (unpaired) electrons. The molecular weight excluding hydrogens is 256 g/mol. The molecule has 0 aliphatic heterocycles. The Morgan fingerprint density at radius 3 is 2.70 bits per heavy atom. The Hall–Kier alpha value is -1.35. The lowest BCUT2D eigenvalue weighted by Crippen LogP contribution is -2.44. The summed E-state index contributed by atoms with van der Waals surface area (Å²) in [6.45, 7) is 9.41. The SMILES string of the molecule is CCCOC(=O)NCC1(C)CC(N=C=O)CC(C)(C)C1. The van der Waals surface area contributed by atoms with Gasteiger partial charge in [0.15, 0.2) is 0 Å². The van der Waals surface area contributed by atoms with E-state index in [0.29, 0.717) is 13.2 Å². The molecule has 0 aromatic carbocycles. The average Bonchev–Trinajstić information content (AvgIpc) is 2.32. The summed E-state index contributed by atoms with van der Waals surface area (Å²) in [5.41, 5.74) is 0.0328. The van der Waals surface area contributed by atoms with Crippen LogP contribution in [0.15, 0.2) is 4.99 Å². The molecule has 0 saturated heterocycles. The normalized spacial score (nSPS) is 28.3. The van der Waals surface area contributed by atoms with Gasteiger partial charge in [-0.15, -0.1) is 0 Å². The number of nitrogens with one attached hydrogen (secondary N) is 1. The fourth-order valence-corrected chi connectivity index (χ4v) is 3.41. The number of isocyanates is 1. The lowest BCUT2D eigenvalue weighted by Gasteiger charge is -2.45. The predicted molar refractivity (Wildman–Crippen MR) is 77.3 cm³/mol. The Labute approximate surface area is 121 Å². The molecule has 114 valence electrons. The van der Waals surface area contributed by atoms with Gasteiger partial charge in [0.05, 0.1) is 12.6 Å². The van der Waals surface area contributed by atoms with Gasteiger partial charge in [0.1, 0.15) is 0 Å². The largest absolute Gasteiger partial charge is 0.450 e. The smallest absolute Gasteiger partial charge is 0.407 e. The number of amides is 1. The third kappa shape index (κ3) is 5.33. The van der Waals surface area contributed by atoms with Crippen molar-refractivity contribution in [1.82, 2.24) is 5.32 Å². The van der Waals surface area contributed by atoms with E-state index >= 15 is 0 Å². The van der Waals surface area contributed by atoms with Crippen molar-refractivity contribution in [1.29, 1.82) is 0 Å². The van der Waals surface area contributed by atoms with Gasteiger partial charge < -0.3 is 10.1 Å². The highest BCUT2D eigenvalue weighted by Gasteiger charge is 2.41. The van der Waals surface area contributed by atoms with Gasteiger partial charge in [-0.3, -0.25) is 0 Å². The zero-order valence-corrected chi connectivity index (χ0v) is 13.0. The molecule has 2 atom stereocenters. The van der Waals surface area contributed by atoms with Crippen molar-refractivity contribution in [3.8, 4) is 0 Å². The molecule has 0 aromatic rings. The maximum absolute atomic E-state index is 11.5. The summed E-state index contributed by atoms with van der Waals surface area (Å²) < 4.78 is 5.02. The van der Waals surface area contributed by atoms with E-state index in [1.807, 2.05) is 6.92 Å². The molecular formula is C15H26N2O3. The first kappa shape index (κ1) is 16.7. The van der Waals surface area contributed by atoms with Crippen molar-refractivity contribution in [2.75, 3.05) is 13.2 Å². The fourth-order valence-electron chi connectivity index (χ4n) is 3.41. The Balaban J connectivity index is 2.61. The molecule has 20 heavy (non-hydrogen) atoms. The van der Waals surface area contributed by atoms with Gasteiger partial charge in [0.25, 0.3) is 0 Å². The Morgan fingerprint density at radius 2 is 2.10 bits per heavy atom. The summed E-state index contributed by atoms with van der Waals surface area (Å²) in [5.74, 6) is 0. The van der Waals surface area contributed by atoms with E-state index in [4.69, 9.17) is 4.74 Å². The second-order valence-electron chi connectivity index (χ2n) is 6.92. The number of alkyl carbamates (subject to hydrolysis) is 1. The van der Waals surface area contributed by atoms with Gasteiger partial charge in [0, 0.05) is 6.54 Å². The number of carbonyl (C=O) groups excluding carboxylic acids is 2. The van der Waals surface area contributed by atoms with Crippen LogP contribution in [0.4, 0.5) is 4.79 Å². The molecule has 1 aliphatic carbocycles.